The van der Waals surface area contributed by atoms with E-state index in [4.69, 9.17) is 0 Å². The third-order valence-electron chi connectivity index (χ3n) is 5.63. The zero-order valence-electron chi connectivity index (χ0n) is 18.0. The van der Waals surface area contributed by atoms with Gasteiger partial charge in [0.1, 0.15) is 0 Å². The van der Waals surface area contributed by atoms with Crippen LogP contribution in [0, 0.1) is 6.92 Å². The van der Waals surface area contributed by atoms with Crippen molar-refractivity contribution in [2.75, 3.05) is 23.3 Å². The first-order chi connectivity index (χ1) is 15.9. The first-order valence-electron chi connectivity index (χ1n) is 10.4. The van der Waals surface area contributed by atoms with Crippen LogP contribution in [0.4, 0.5) is 37.7 Å². The molecule has 1 fully saturated rings. The number of halogens is 6. The summed E-state index contributed by atoms with van der Waals surface area (Å²) >= 11 is 0. The highest BCUT2D eigenvalue weighted by molar-refractivity contribution is 6.05. The predicted octanol–water partition coefficient (Wildman–Crippen LogP) is 6.07. The first-order valence-corrected chi connectivity index (χ1v) is 10.4. The molecule has 1 aliphatic heterocycles. The molecule has 3 aromatic rings. The van der Waals surface area contributed by atoms with E-state index < -0.39 is 40.8 Å². The summed E-state index contributed by atoms with van der Waals surface area (Å²) in [6.45, 7) is 3.55. The van der Waals surface area contributed by atoms with Gasteiger partial charge in [0.2, 0.25) is 0 Å². The molecule has 2 heterocycles. The Morgan fingerprint density at radius 1 is 0.941 bits per heavy atom. The van der Waals surface area contributed by atoms with E-state index in [9.17, 15) is 31.1 Å². The molecule has 34 heavy (non-hydrogen) atoms. The standard InChI is InChI=1S/C23H20F6N4O/c1-14-11-16(32-9-2-3-10-32)7-8-19(14)31-21(34)18-13-30-33(20(18)23(27,28)29)17-6-4-5-15(12-17)22(24,25)26/h4-8,11-13H,2-3,9-10H2,1H3,(H,31,34). The van der Waals surface area contributed by atoms with Crippen molar-refractivity contribution in [1.29, 1.82) is 0 Å². The van der Waals surface area contributed by atoms with Gasteiger partial charge < -0.3 is 10.2 Å². The molecular weight excluding hydrogens is 462 g/mol. The van der Waals surface area contributed by atoms with Crippen LogP contribution in [0.5, 0.6) is 0 Å². The number of carbonyl (C=O) groups is 1. The molecule has 180 valence electrons. The van der Waals surface area contributed by atoms with Gasteiger partial charge in [-0.1, -0.05) is 6.07 Å². The normalized spacial score (nSPS) is 14.5. The molecule has 1 aromatic heterocycles. The lowest BCUT2D eigenvalue weighted by atomic mass is 10.1. The largest absolute Gasteiger partial charge is 0.434 e. The van der Waals surface area contributed by atoms with Gasteiger partial charge in [0.15, 0.2) is 5.69 Å². The molecule has 0 bridgehead atoms. The van der Waals surface area contributed by atoms with Gasteiger partial charge in [0, 0.05) is 24.5 Å². The monoisotopic (exact) mass is 482 g/mol. The fourth-order valence-corrected chi connectivity index (χ4v) is 3.95. The van der Waals surface area contributed by atoms with Crippen LogP contribution in [-0.2, 0) is 12.4 Å². The Balaban J connectivity index is 1.66. The van der Waals surface area contributed by atoms with Crippen LogP contribution >= 0.6 is 0 Å². The molecular formula is C23H20F6N4O. The summed E-state index contributed by atoms with van der Waals surface area (Å²) in [6.07, 6.45) is -6.94. The van der Waals surface area contributed by atoms with Crippen molar-refractivity contribution < 1.29 is 31.1 Å². The molecule has 4 rings (SSSR count). The van der Waals surface area contributed by atoms with Crippen LogP contribution in [0.1, 0.15) is 40.0 Å². The quantitative estimate of drug-likeness (QED) is 0.459. The van der Waals surface area contributed by atoms with E-state index in [1.165, 1.54) is 0 Å². The average Bonchev–Trinajstić information content (AvgIpc) is 3.45. The number of aromatic nitrogens is 2. The Morgan fingerprint density at radius 3 is 2.26 bits per heavy atom. The minimum Gasteiger partial charge on any atom is -0.372 e. The lowest BCUT2D eigenvalue weighted by molar-refractivity contribution is -0.143. The van der Waals surface area contributed by atoms with Crippen LogP contribution in [0.3, 0.4) is 0 Å². The molecule has 1 amide bonds. The van der Waals surface area contributed by atoms with E-state index in [2.05, 4.69) is 15.3 Å². The molecule has 11 heteroatoms. The number of benzene rings is 2. The number of rotatable bonds is 4. The van der Waals surface area contributed by atoms with Gasteiger partial charge in [-0.05, 0) is 61.7 Å². The number of anilines is 2. The van der Waals surface area contributed by atoms with Gasteiger partial charge in [-0.25, -0.2) is 4.68 Å². The number of amides is 1. The highest BCUT2D eigenvalue weighted by Crippen LogP contribution is 2.36. The summed E-state index contributed by atoms with van der Waals surface area (Å²) in [6, 6.07) is 8.56. The van der Waals surface area contributed by atoms with Crippen LogP contribution < -0.4 is 10.2 Å². The number of nitrogens with one attached hydrogen (secondary N) is 1. The van der Waals surface area contributed by atoms with Gasteiger partial charge >= 0.3 is 12.4 Å². The highest BCUT2D eigenvalue weighted by Gasteiger charge is 2.41. The number of carbonyl (C=O) groups excluding carboxylic acids is 1. The Hall–Kier alpha value is -3.50. The van der Waals surface area contributed by atoms with Gasteiger partial charge in [-0.15, -0.1) is 0 Å². The Labute approximate surface area is 191 Å². The van der Waals surface area contributed by atoms with Crippen molar-refractivity contribution >= 4 is 17.3 Å². The zero-order chi connectivity index (χ0) is 24.7. The van der Waals surface area contributed by atoms with Crippen molar-refractivity contribution in [2.45, 2.75) is 32.1 Å². The van der Waals surface area contributed by atoms with Crippen LogP contribution in [0.2, 0.25) is 0 Å². The minimum absolute atomic E-state index is 0.299. The van der Waals surface area contributed by atoms with Crippen LogP contribution in [0.25, 0.3) is 5.69 Å². The smallest absolute Gasteiger partial charge is 0.372 e. The van der Waals surface area contributed by atoms with Gasteiger partial charge in [0.25, 0.3) is 5.91 Å². The Morgan fingerprint density at radius 2 is 1.65 bits per heavy atom. The highest BCUT2D eigenvalue weighted by atomic mass is 19.4. The number of nitrogens with zero attached hydrogens (tertiary/aromatic N) is 3. The van der Waals surface area contributed by atoms with E-state index >= 15 is 0 Å². The number of aryl methyl sites for hydroxylation is 1. The Kier molecular flexibility index (Phi) is 6.05. The first kappa shape index (κ1) is 23.7. The molecule has 2 aromatic carbocycles. The second-order valence-corrected chi connectivity index (χ2v) is 8.01. The predicted molar refractivity (Wildman–Crippen MR) is 114 cm³/mol. The second kappa shape index (κ2) is 8.69. The van der Waals surface area contributed by atoms with E-state index in [0.717, 1.165) is 49.8 Å². The maximum absolute atomic E-state index is 13.9. The van der Waals surface area contributed by atoms with Crippen molar-refractivity contribution in [1.82, 2.24) is 9.78 Å². The van der Waals surface area contributed by atoms with Crippen molar-refractivity contribution in [3.8, 4) is 5.69 Å². The van der Waals surface area contributed by atoms with Crippen molar-refractivity contribution in [2.24, 2.45) is 0 Å². The van der Waals surface area contributed by atoms with Gasteiger partial charge in [-0.2, -0.15) is 31.4 Å². The summed E-state index contributed by atoms with van der Waals surface area (Å²) in [5.74, 6) is -1.07. The summed E-state index contributed by atoms with van der Waals surface area (Å²) in [7, 11) is 0. The molecule has 1 saturated heterocycles. The van der Waals surface area contributed by atoms with E-state index in [1.807, 2.05) is 6.07 Å². The fraction of sp³-hybridized carbons (Fsp3) is 0.304. The number of hydrogen-bond donors (Lipinski definition) is 1. The van der Waals surface area contributed by atoms with Gasteiger partial charge in [-0.3, -0.25) is 4.79 Å². The van der Waals surface area contributed by atoms with E-state index in [0.29, 0.717) is 28.2 Å². The van der Waals surface area contributed by atoms with Crippen molar-refractivity contribution in [3.63, 3.8) is 0 Å². The number of alkyl halides is 6. The van der Waals surface area contributed by atoms with Crippen molar-refractivity contribution in [3.05, 3.63) is 71.0 Å². The topological polar surface area (TPSA) is 50.2 Å². The molecule has 0 spiro atoms. The molecule has 5 nitrogen and oxygen atoms in total. The zero-order valence-corrected chi connectivity index (χ0v) is 18.0. The third-order valence-corrected chi connectivity index (χ3v) is 5.63. The molecule has 0 radical (unpaired) electrons. The van der Waals surface area contributed by atoms with Crippen LogP contribution in [0.15, 0.2) is 48.7 Å². The molecule has 1 N–H and O–H groups in total. The lowest BCUT2D eigenvalue weighted by Gasteiger charge is -2.19. The second-order valence-electron chi connectivity index (χ2n) is 8.01. The summed E-state index contributed by atoms with van der Waals surface area (Å²) < 4.78 is 81.1. The summed E-state index contributed by atoms with van der Waals surface area (Å²) in [5, 5.41) is 6.06. The number of hydrogen-bond acceptors (Lipinski definition) is 3. The maximum Gasteiger partial charge on any atom is 0.434 e. The molecule has 0 saturated carbocycles. The third kappa shape index (κ3) is 4.73. The fourth-order valence-electron chi connectivity index (χ4n) is 3.95. The lowest BCUT2D eigenvalue weighted by Crippen LogP contribution is -2.21. The van der Waals surface area contributed by atoms with E-state index in [-0.39, 0.29) is 0 Å². The van der Waals surface area contributed by atoms with Crippen LogP contribution in [-0.4, -0.2) is 28.8 Å². The summed E-state index contributed by atoms with van der Waals surface area (Å²) in [4.78, 5) is 15.0. The molecule has 1 aliphatic rings. The summed E-state index contributed by atoms with van der Waals surface area (Å²) in [5.41, 5.74) is -1.91. The van der Waals surface area contributed by atoms with Gasteiger partial charge in [0.05, 0.1) is 23.0 Å². The minimum atomic E-state index is -5.05. The molecule has 0 atom stereocenters. The van der Waals surface area contributed by atoms with E-state index in [1.54, 1.807) is 19.1 Å². The SMILES string of the molecule is Cc1cc(N2CCCC2)ccc1NC(=O)c1cnn(-c2cccc(C(F)(F)F)c2)c1C(F)(F)F. The Bertz CT molecular complexity index is 1210. The maximum atomic E-state index is 13.9. The average molecular weight is 482 g/mol. The molecule has 0 unspecified atom stereocenters. The molecule has 0 aliphatic carbocycles.